The van der Waals surface area contributed by atoms with Gasteiger partial charge in [-0.2, -0.15) is 0 Å². The average molecular weight is 214 g/mol. The van der Waals surface area contributed by atoms with Crippen LogP contribution in [-0.4, -0.2) is 0 Å². The quantitative estimate of drug-likeness (QED) is 0.409. The summed E-state index contributed by atoms with van der Waals surface area (Å²) in [4.78, 5) is 0. The number of nitrogen functional groups attached to an aromatic ring is 1. The molecule has 0 saturated heterocycles. The van der Waals surface area contributed by atoms with Crippen molar-refractivity contribution in [2.24, 2.45) is 11.8 Å². The van der Waals surface area contributed by atoms with Gasteiger partial charge in [-0.15, -0.1) is 0 Å². The Bertz CT molecular complexity index is 312. The lowest BCUT2D eigenvalue weighted by molar-refractivity contribution is 0.422. The Labute approximate surface area is 89.4 Å². The van der Waals surface area contributed by atoms with Gasteiger partial charge < -0.3 is 5.73 Å². The van der Waals surface area contributed by atoms with Gasteiger partial charge in [-0.1, -0.05) is 31.5 Å². The summed E-state index contributed by atoms with van der Waals surface area (Å²) in [5.41, 5.74) is 10.3. The summed E-state index contributed by atoms with van der Waals surface area (Å²) < 4.78 is 0. The van der Waals surface area contributed by atoms with E-state index in [9.17, 15) is 0 Å². The molecular formula is C10H16ClN3. The Balaban J connectivity index is 3.04. The second kappa shape index (κ2) is 4.64. The molecule has 0 aliphatic carbocycles. The fraction of sp³-hybridized carbons (Fsp3) is 0.400. The molecule has 0 heterocycles. The van der Waals surface area contributed by atoms with E-state index in [-0.39, 0.29) is 6.04 Å². The molecule has 5 N–H and O–H groups in total. The van der Waals surface area contributed by atoms with Crippen LogP contribution >= 0.6 is 11.6 Å². The summed E-state index contributed by atoms with van der Waals surface area (Å²) >= 11 is 5.81. The molecule has 1 rings (SSSR count). The maximum absolute atomic E-state index is 5.86. The van der Waals surface area contributed by atoms with Gasteiger partial charge in [-0.3, -0.25) is 11.3 Å². The lowest BCUT2D eigenvalue weighted by Gasteiger charge is -2.21. The molecule has 78 valence electrons. The lowest BCUT2D eigenvalue weighted by Crippen LogP contribution is -2.32. The molecule has 0 radical (unpaired) electrons. The lowest BCUT2D eigenvalue weighted by atomic mass is 9.95. The first-order valence-corrected chi connectivity index (χ1v) is 4.95. The van der Waals surface area contributed by atoms with Crippen LogP contribution in [0, 0.1) is 5.92 Å². The van der Waals surface area contributed by atoms with Crippen LogP contribution in [0.5, 0.6) is 0 Å². The summed E-state index contributed by atoms with van der Waals surface area (Å²) in [6.07, 6.45) is 0. The first-order valence-electron chi connectivity index (χ1n) is 4.57. The molecule has 1 aromatic carbocycles. The topological polar surface area (TPSA) is 64.1 Å². The van der Waals surface area contributed by atoms with E-state index in [1.165, 1.54) is 0 Å². The van der Waals surface area contributed by atoms with Crippen LogP contribution in [0.25, 0.3) is 0 Å². The number of hydrogen-bond acceptors (Lipinski definition) is 3. The molecule has 1 atom stereocenters. The van der Waals surface area contributed by atoms with E-state index >= 15 is 0 Å². The Kier molecular flexibility index (Phi) is 3.75. The molecule has 0 saturated carbocycles. The second-order valence-corrected chi connectivity index (χ2v) is 4.10. The van der Waals surface area contributed by atoms with Gasteiger partial charge in [-0.25, -0.2) is 0 Å². The van der Waals surface area contributed by atoms with Crippen molar-refractivity contribution in [2.45, 2.75) is 19.9 Å². The third-order valence-corrected chi connectivity index (χ3v) is 2.47. The summed E-state index contributed by atoms with van der Waals surface area (Å²) in [5.74, 6) is 5.85. The highest BCUT2D eigenvalue weighted by Gasteiger charge is 2.16. The highest BCUT2D eigenvalue weighted by Crippen LogP contribution is 2.27. The molecule has 4 heteroatoms. The molecule has 14 heavy (non-hydrogen) atoms. The molecule has 0 aliphatic rings. The van der Waals surface area contributed by atoms with Crippen molar-refractivity contribution in [1.82, 2.24) is 5.43 Å². The average Bonchev–Trinajstić information content (AvgIpc) is 2.09. The van der Waals surface area contributed by atoms with E-state index < -0.39 is 0 Å². The zero-order chi connectivity index (χ0) is 10.7. The number of halogens is 1. The number of anilines is 1. The molecule has 0 aliphatic heterocycles. The fourth-order valence-electron chi connectivity index (χ4n) is 1.47. The first-order chi connectivity index (χ1) is 6.56. The molecule has 0 fully saturated rings. The van der Waals surface area contributed by atoms with Crippen molar-refractivity contribution in [1.29, 1.82) is 0 Å². The number of hydrazine groups is 1. The van der Waals surface area contributed by atoms with Gasteiger partial charge >= 0.3 is 0 Å². The van der Waals surface area contributed by atoms with Gasteiger partial charge in [0.15, 0.2) is 0 Å². The zero-order valence-corrected chi connectivity index (χ0v) is 9.18. The smallest absolute Gasteiger partial charge is 0.0503 e. The van der Waals surface area contributed by atoms with E-state index in [4.69, 9.17) is 23.2 Å². The van der Waals surface area contributed by atoms with Gasteiger partial charge in [0.25, 0.3) is 0 Å². The fourth-order valence-corrected chi connectivity index (χ4v) is 1.65. The van der Waals surface area contributed by atoms with Crippen molar-refractivity contribution in [3.8, 4) is 0 Å². The highest BCUT2D eigenvalue weighted by atomic mass is 35.5. The number of nitrogens with one attached hydrogen (secondary N) is 1. The van der Waals surface area contributed by atoms with Gasteiger partial charge in [0, 0.05) is 10.7 Å². The number of nitrogens with two attached hydrogens (primary N) is 2. The second-order valence-electron chi connectivity index (χ2n) is 3.66. The van der Waals surface area contributed by atoms with Crippen LogP contribution in [-0.2, 0) is 0 Å². The molecule has 0 spiro atoms. The minimum atomic E-state index is 0.0623. The monoisotopic (exact) mass is 213 g/mol. The van der Waals surface area contributed by atoms with Crippen LogP contribution in [0.15, 0.2) is 18.2 Å². The molecule has 3 nitrogen and oxygen atoms in total. The maximum Gasteiger partial charge on any atom is 0.0503 e. The highest BCUT2D eigenvalue weighted by molar-refractivity contribution is 6.30. The van der Waals surface area contributed by atoms with Crippen molar-refractivity contribution in [3.05, 3.63) is 28.8 Å². The standard InChI is InChI=1S/C10H16ClN3/c1-6(2)10(14-13)8-4-3-7(11)5-9(8)12/h3-6,10,14H,12-13H2,1-2H3. The normalized spacial score (nSPS) is 13.2. The Morgan fingerprint density at radius 2 is 2.00 bits per heavy atom. The van der Waals surface area contributed by atoms with Gasteiger partial charge in [0.05, 0.1) is 6.04 Å². The minimum Gasteiger partial charge on any atom is -0.398 e. The molecular weight excluding hydrogens is 198 g/mol. The number of hydrogen-bond donors (Lipinski definition) is 3. The maximum atomic E-state index is 5.86. The van der Waals surface area contributed by atoms with Crippen molar-refractivity contribution in [3.63, 3.8) is 0 Å². The van der Waals surface area contributed by atoms with Crippen molar-refractivity contribution in [2.75, 3.05) is 5.73 Å². The molecule has 0 bridgehead atoms. The third-order valence-electron chi connectivity index (χ3n) is 2.23. The largest absolute Gasteiger partial charge is 0.398 e. The Hall–Kier alpha value is -0.770. The SMILES string of the molecule is CC(C)C(NN)c1ccc(Cl)cc1N. The summed E-state index contributed by atoms with van der Waals surface area (Å²) in [5, 5.41) is 0.644. The van der Waals surface area contributed by atoms with Gasteiger partial charge in [-0.05, 0) is 23.6 Å². The molecule has 1 aromatic rings. The Morgan fingerprint density at radius 3 is 2.43 bits per heavy atom. The number of rotatable bonds is 3. The zero-order valence-electron chi connectivity index (χ0n) is 8.42. The summed E-state index contributed by atoms with van der Waals surface area (Å²) in [6, 6.07) is 5.53. The summed E-state index contributed by atoms with van der Waals surface area (Å²) in [6.45, 7) is 4.16. The van der Waals surface area contributed by atoms with E-state index in [1.807, 2.05) is 12.1 Å². The van der Waals surface area contributed by atoms with E-state index in [2.05, 4.69) is 19.3 Å². The van der Waals surface area contributed by atoms with Gasteiger partial charge in [0.2, 0.25) is 0 Å². The van der Waals surface area contributed by atoms with Gasteiger partial charge in [0.1, 0.15) is 0 Å². The Morgan fingerprint density at radius 1 is 1.36 bits per heavy atom. The van der Waals surface area contributed by atoms with Crippen LogP contribution < -0.4 is 17.0 Å². The van der Waals surface area contributed by atoms with E-state index in [1.54, 1.807) is 6.07 Å². The molecule has 0 amide bonds. The van der Waals surface area contributed by atoms with Crippen LogP contribution in [0.4, 0.5) is 5.69 Å². The minimum absolute atomic E-state index is 0.0623. The van der Waals surface area contributed by atoms with Crippen LogP contribution in [0.1, 0.15) is 25.5 Å². The van der Waals surface area contributed by atoms with E-state index in [0.29, 0.717) is 16.6 Å². The first kappa shape index (κ1) is 11.3. The predicted molar refractivity (Wildman–Crippen MR) is 60.8 cm³/mol. The predicted octanol–water partition coefficient (Wildman–Crippen LogP) is 2.08. The van der Waals surface area contributed by atoms with Crippen LogP contribution in [0.2, 0.25) is 5.02 Å². The third kappa shape index (κ3) is 2.38. The molecule has 0 aromatic heterocycles. The van der Waals surface area contributed by atoms with Crippen molar-refractivity contribution >= 4 is 17.3 Å². The number of benzene rings is 1. The summed E-state index contributed by atoms with van der Waals surface area (Å²) in [7, 11) is 0. The van der Waals surface area contributed by atoms with Crippen molar-refractivity contribution < 1.29 is 0 Å². The molecule has 1 unspecified atom stereocenters. The van der Waals surface area contributed by atoms with E-state index in [0.717, 1.165) is 5.56 Å². The van der Waals surface area contributed by atoms with Crippen LogP contribution in [0.3, 0.4) is 0 Å².